The van der Waals surface area contributed by atoms with Crippen LogP contribution in [-0.4, -0.2) is 54.6 Å². The van der Waals surface area contributed by atoms with E-state index in [1.807, 2.05) is 0 Å². The van der Waals surface area contributed by atoms with Crippen molar-refractivity contribution in [2.75, 3.05) is 13.7 Å². The number of hydrogen-bond donors (Lipinski definition) is 3. The second kappa shape index (κ2) is 4.30. The van der Waals surface area contributed by atoms with Crippen LogP contribution in [0.2, 0.25) is 0 Å². The van der Waals surface area contributed by atoms with Crippen LogP contribution in [0, 0.1) is 0 Å². The van der Waals surface area contributed by atoms with Gasteiger partial charge in [0.15, 0.2) is 12.5 Å². The molecule has 1 aliphatic heterocycles. The second-order valence-corrected chi connectivity index (χ2v) is 2.97. The lowest BCUT2D eigenvalue weighted by Crippen LogP contribution is -2.61. The Hall–Kier alpha value is -0.270. The monoisotopic (exact) mass is 195 g/mol. The topological polar surface area (TPSA) is 84.9 Å². The summed E-state index contributed by atoms with van der Waals surface area (Å²) in [6, 6.07) is -1.09. The van der Waals surface area contributed by atoms with Crippen LogP contribution < -0.4 is 5.73 Å². The van der Waals surface area contributed by atoms with Gasteiger partial charge in [-0.2, -0.15) is 0 Å². The first-order valence-corrected chi connectivity index (χ1v) is 3.98. The summed E-state index contributed by atoms with van der Waals surface area (Å²) in [5.74, 6) is 0. The van der Waals surface area contributed by atoms with E-state index < -0.39 is 37.3 Å². The zero-order valence-electron chi connectivity index (χ0n) is 7.26. The molecule has 0 saturated carbocycles. The van der Waals surface area contributed by atoms with Crippen LogP contribution in [0.4, 0.5) is 4.39 Å². The number of alkyl halides is 1. The summed E-state index contributed by atoms with van der Waals surface area (Å²) >= 11 is 0. The molecule has 13 heavy (non-hydrogen) atoms. The van der Waals surface area contributed by atoms with Crippen LogP contribution in [-0.2, 0) is 9.47 Å². The average molecular weight is 195 g/mol. The largest absolute Gasteiger partial charge is 0.394 e. The molecule has 0 spiro atoms. The summed E-state index contributed by atoms with van der Waals surface area (Å²) in [6.07, 6.45) is -4.78. The molecule has 5 atom stereocenters. The van der Waals surface area contributed by atoms with Gasteiger partial charge < -0.3 is 25.4 Å². The quantitative estimate of drug-likeness (QED) is 0.493. The molecule has 4 N–H and O–H groups in total. The molecule has 1 fully saturated rings. The second-order valence-electron chi connectivity index (χ2n) is 2.97. The van der Waals surface area contributed by atoms with Gasteiger partial charge in [-0.05, 0) is 0 Å². The molecule has 1 aliphatic rings. The third kappa shape index (κ3) is 1.97. The van der Waals surface area contributed by atoms with Gasteiger partial charge in [-0.15, -0.1) is 0 Å². The Morgan fingerprint density at radius 1 is 1.62 bits per heavy atom. The zero-order chi connectivity index (χ0) is 10.0. The van der Waals surface area contributed by atoms with Crippen LogP contribution in [0.5, 0.6) is 0 Å². The van der Waals surface area contributed by atoms with Crippen molar-refractivity contribution in [3.63, 3.8) is 0 Å². The van der Waals surface area contributed by atoms with Crippen LogP contribution in [0.15, 0.2) is 0 Å². The van der Waals surface area contributed by atoms with Crippen molar-refractivity contribution >= 4 is 0 Å². The standard InChI is InChI=1S/C7H14FNO4/c1-12-7-4(8)5(9)6(11)3(2-10)13-7/h3-7,10-11H,2,9H2,1H3. The van der Waals surface area contributed by atoms with E-state index in [0.29, 0.717) is 0 Å². The van der Waals surface area contributed by atoms with Crippen molar-refractivity contribution in [1.82, 2.24) is 0 Å². The van der Waals surface area contributed by atoms with Crippen molar-refractivity contribution in [2.45, 2.75) is 30.7 Å². The first kappa shape index (κ1) is 10.8. The van der Waals surface area contributed by atoms with Crippen LogP contribution in [0.1, 0.15) is 0 Å². The van der Waals surface area contributed by atoms with Gasteiger partial charge in [0.1, 0.15) is 12.2 Å². The van der Waals surface area contributed by atoms with Crippen molar-refractivity contribution in [3.8, 4) is 0 Å². The predicted molar refractivity (Wildman–Crippen MR) is 41.6 cm³/mol. The molecule has 0 aromatic rings. The van der Waals surface area contributed by atoms with E-state index in [2.05, 4.69) is 4.74 Å². The molecule has 0 radical (unpaired) electrons. The van der Waals surface area contributed by atoms with E-state index in [4.69, 9.17) is 15.6 Å². The highest BCUT2D eigenvalue weighted by Gasteiger charge is 2.43. The average Bonchev–Trinajstić information content (AvgIpc) is 2.15. The summed E-state index contributed by atoms with van der Waals surface area (Å²) in [7, 11) is 1.27. The normalized spacial score (nSPS) is 46.4. The number of aliphatic hydroxyl groups is 2. The van der Waals surface area contributed by atoms with Crippen molar-refractivity contribution in [2.24, 2.45) is 5.73 Å². The van der Waals surface area contributed by atoms with E-state index in [0.717, 1.165) is 0 Å². The zero-order valence-corrected chi connectivity index (χ0v) is 7.26. The Balaban J connectivity index is 2.66. The molecule has 6 heteroatoms. The lowest BCUT2D eigenvalue weighted by Gasteiger charge is -2.38. The molecule has 78 valence electrons. The van der Waals surface area contributed by atoms with Crippen molar-refractivity contribution < 1.29 is 24.1 Å². The molecule has 0 bridgehead atoms. The molecular weight excluding hydrogens is 181 g/mol. The van der Waals surface area contributed by atoms with Gasteiger partial charge in [0.05, 0.1) is 12.6 Å². The summed E-state index contributed by atoms with van der Waals surface area (Å²) < 4.78 is 22.7. The molecule has 0 aliphatic carbocycles. The van der Waals surface area contributed by atoms with Gasteiger partial charge >= 0.3 is 0 Å². The smallest absolute Gasteiger partial charge is 0.190 e. The first-order chi connectivity index (χ1) is 6.11. The molecular formula is C7H14FNO4. The van der Waals surface area contributed by atoms with E-state index in [-0.39, 0.29) is 0 Å². The molecule has 5 nitrogen and oxygen atoms in total. The highest BCUT2D eigenvalue weighted by atomic mass is 19.1. The Morgan fingerprint density at radius 3 is 2.69 bits per heavy atom. The molecule has 0 amide bonds. The summed E-state index contributed by atoms with van der Waals surface area (Å²) in [5.41, 5.74) is 5.36. The highest BCUT2D eigenvalue weighted by Crippen LogP contribution is 2.22. The number of nitrogens with two attached hydrogens (primary N) is 1. The minimum atomic E-state index is -1.58. The Morgan fingerprint density at radius 2 is 2.23 bits per heavy atom. The number of ether oxygens (including phenoxy) is 2. The van der Waals surface area contributed by atoms with E-state index in [1.165, 1.54) is 7.11 Å². The third-order valence-electron chi connectivity index (χ3n) is 2.12. The fourth-order valence-electron chi connectivity index (χ4n) is 1.28. The maximum Gasteiger partial charge on any atom is 0.190 e. The maximum absolute atomic E-state index is 13.2. The van der Waals surface area contributed by atoms with E-state index >= 15 is 0 Å². The predicted octanol–water partition coefficient (Wildman–Crippen LogP) is -1.62. The van der Waals surface area contributed by atoms with Crippen LogP contribution in [0.3, 0.4) is 0 Å². The number of aliphatic hydroxyl groups excluding tert-OH is 2. The maximum atomic E-state index is 13.2. The van der Waals surface area contributed by atoms with Gasteiger partial charge in [0.2, 0.25) is 0 Å². The van der Waals surface area contributed by atoms with E-state index in [9.17, 15) is 9.50 Å². The lowest BCUT2D eigenvalue weighted by atomic mass is 9.98. The minimum Gasteiger partial charge on any atom is -0.394 e. The Labute approximate surface area is 75.2 Å². The lowest BCUT2D eigenvalue weighted by molar-refractivity contribution is -0.253. The Bertz CT molecular complexity index is 151. The third-order valence-corrected chi connectivity index (χ3v) is 2.12. The molecule has 1 saturated heterocycles. The van der Waals surface area contributed by atoms with E-state index in [1.54, 1.807) is 0 Å². The molecule has 0 aromatic carbocycles. The molecule has 0 aromatic heterocycles. The van der Waals surface area contributed by atoms with Gasteiger partial charge in [0.25, 0.3) is 0 Å². The molecule has 1 rings (SSSR count). The van der Waals surface area contributed by atoms with Gasteiger partial charge in [0, 0.05) is 7.11 Å². The molecule has 1 heterocycles. The fraction of sp³-hybridized carbons (Fsp3) is 1.00. The van der Waals surface area contributed by atoms with Gasteiger partial charge in [-0.1, -0.05) is 0 Å². The Kier molecular flexibility index (Phi) is 3.57. The summed E-state index contributed by atoms with van der Waals surface area (Å²) in [6.45, 7) is -0.415. The SMILES string of the molecule is COC1OC(CO)C(O)C(N)C1F. The van der Waals surface area contributed by atoms with Crippen molar-refractivity contribution in [1.29, 1.82) is 0 Å². The number of rotatable bonds is 2. The molecule has 5 unspecified atom stereocenters. The first-order valence-electron chi connectivity index (χ1n) is 3.98. The van der Waals surface area contributed by atoms with Crippen LogP contribution >= 0.6 is 0 Å². The van der Waals surface area contributed by atoms with Gasteiger partial charge in [-0.3, -0.25) is 0 Å². The number of hydrogen-bond acceptors (Lipinski definition) is 5. The van der Waals surface area contributed by atoms with Gasteiger partial charge in [-0.25, -0.2) is 4.39 Å². The van der Waals surface area contributed by atoms with Crippen LogP contribution in [0.25, 0.3) is 0 Å². The van der Waals surface area contributed by atoms with Crippen molar-refractivity contribution in [3.05, 3.63) is 0 Å². The number of halogens is 1. The fourth-order valence-corrected chi connectivity index (χ4v) is 1.28. The number of methoxy groups -OCH3 is 1. The summed E-state index contributed by atoms with van der Waals surface area (Å²) in [5, 5.41) is 18.1. The summed E-state index contributed by atoms with van der Waals surface area (Å²) in [4.78, 5) is 0. The highest BCUT2D eigenvalue weighted by molar-refractivity contribution is 4.91. The minimum absolute atomic E-state index is 0.415.